The number of benzene rings is 2. The number of para-hydroxylation sites is 1. The van der Waals surface area contributed by atoms with Crippen LogP contribution >= 0.6 is 11.6 Å². The van der Waals surface area contributed by atoms with E-state index in [2.05, 4.69) is 0 Å². The highest BCUT2D eigenvalue weighted by Crippen LogP contribution is 2.22. The van der Waals surface area contributed by atoms with Crippen molar-refractivity contribution in [2.75, 3.05) is 6.61 Å². The predicted molar refractivity (Wildman–Crippen MR) is 77.9 cm³/mol. The number of hydrogen-bond acceptors (Lipinski definition) is 4. The number of ether oxygens (including phenoxy) is 2. The van der Waals surface area contributed by atoms with Crippen LogP contribution in [0.15, 0.2) is 48.5 Å². The first-order valence-electron chi connectivity index (χ1n) is 6.21. The summed E-state index contributed by atoms with van der Waals surface area (Å²) in [5.74, 6) is -0.101. The fourth-order valence-electron chi connectivity index (χ4n) is 1.65. The molecule has 0 bridgehead atoms. The average Bonchev–Trinajstić information content (AvgIpc) is 2.52. The maximum atomic E-state index is 11.6. The average molecular weight is 302 g/mol. The van der Waals surface area contributed by atoms with Gasteiger partial charge in [0.25, 0.3) is 0 Å². The van der Waals surface area contributed by atoms with Gasteiger partial charge in [-0.3, -0.25) is 0 Å². The number of halogens is 1. The number of carbonyl (C=O) groups excluding carboxylic acids is 1. The normalized spacial score (nSPS) is 9.71. The van der Waals surface area contributed by atoms with E-state index in [0.29, 0.717) is 21.9 Å². The SMILES string of the molecule is N#Cc1ccccc1COC(=O)COc1ccccc1Cl. The van der Waals surface area contributed by atoms with Crippen LogP contribution < -0.4 is 4.74 Å². The van der Waals surface area contributed by atoms with E-state index < -0.39 is 5.97 Å². The molecular weight excluding hydrogens is 290 g/mol. The van der Waals surface area contributed by atoms with Crippen molar-refractivity contribution in [1.29, 1.82) is 5.26 Å². The molecule has 0 atom stereocenters. The van der Waals surface area contributed by atoms with Crippen molar-refractivity contribution >= 4 is 17.6 Å². The molecule has 2 aromatic carbocycles. The molecule has 0 N–H and O–H groups in total. The van der Waals surface area contributed by atoms with Gasteiger partial charge >= 0.3 is 5.97 Å². The Balaban J connectivity index is 1.86. The monoisotopic (exact) mass is 301 g/mol. The van der Waals surface area contributed by atoms with Crippen molar-refractivity contribution in [3.05, 3.63) is 64.7 Å². The summed E-state index contributed by atoms with van der Waals surface area (Å²) in [6.45, 7) is -0.201. The molecule has 0 radical (unpaired) electrons. The van der Waals surface area contributed by atoms with Crippen LogP contribution in [0, 0.1) is 11.3 Å². The van der Waals surface area contributed by atoms with Gasteiger partial charge in [0, 0.05) is 5.56 Å². The number of rotatable bonds is 5. The third kappa shape index (κ3) is 4.23. The largest absolute Gasteiger partial charge is 0.480 e. The summed E-state index contributed by atoms with van der Waals surface area (Å²) in [5, 5.41) is 9.37. The van der Waals surface area contributed by atoms with Crippen LogP contribution in [0.5, 0.6) is 5.75 Å². The van der Waals surface area contributed by atoms with Gasteiger partial charge in [-0.2, -0.15) is 5.26 Å². The summed E-state index contributed by atoms with van der Waals surface area (Å²) in [5.41, 5.74) is 1.14. The van der Waals surface area contributed by atoms with E-state index in [0.717, 1.165) is 0 Å². The Hall–Kier alpha value is -2.51. The smallest absolute Gasteiger partial charge is 0.344 e. The van der Waals surface area contributed by atoms with E-state index in [1.54, 1.807) is 48.5 Å². The molecule has 5 heteroatoms. The van der Waals surface area contributed by atoms with Crippen LogP contribution in [0.1, 0.15) is 11.1 Å². The Morgan fingerprint density at radius 2 is 1.86 bits per heavy atom. The standard InChI is InChI=1S/C16H12ClNO3/c17-14-7-3-4-8-15(14)20-11-16(19)21-10-13-6-2-1-5-12(13)9-18/h1-8H,10-11H2. The number of nitriles is 1. The van der Waals surface area contributed by atoms with Crippen molar-refractivity contribution in [2.24, 2.45) is 0 Å². The van der Waals surface area contributed by atoms with Crippen molar-refractivity contribution < 1.29 is 14.3 Å². The summed E-state index contributed by atoms with van der Waals surface area (Å²) >= 11 is 5.91. The molecule has 2 rings (SSSR count). The van der Waals surface area contributed by atoms with Gasteiger partial charge < -0.3 is 9.47 Å². The van der Waals surface area contributed by atoms with Gasteiger partial charge in [-0.15, -0.1) is 0 Å². The van der Waals surface area contributed by atoms with Crippen LogP contribution in [0.25, 0.3) is 0 Å². The Morgan fingerprint density at radius 1 is 1.14 bits per heavy atom. The highest BCUT2D eigenvalue weighted by molar-refractivity contribution is 6.32. The van der Waals surface area contributed by atoms with Gasteiger partial charge in [-0.25, -0.2) is 4.79 Å². The first kappa shape index (κ1) is 14.9. The van der Waals surface area contributed by atoms with E-state index in [-0.39, 0.29) is 13.2 Å². The molecule has 0 aromatic heterocycles. The lowest BCUT2D eigenvalue weighted by Gasteiger charge is -2.08. The Morgan fingerprint density at radius 3 is 2.62 bits per heavy atom. The minimum atomic E-state index is -0.525. The second kappa shape index (κ2) is 7.32. The molecule has 4 nitrogen and oxygen atoms in total. The molecule has 0 aliphatic heterocycles. The molecule has 0 spiro atoms. The summed E-state index contributed by atoms with van der Waals surface area (Å²) in [4.78, 5) is 11.6. The molecule has 0 aliphatic rings. The van der Waals surface area contributed by atoms with E-state index in [9.17, 15) is 4.79 Å². The van der Waals surface area contributed by atoms with Crippen molar-refractivity contribution in [2.45, 2.75) is 6.61 Å². The maximum Gasteiger partial charge on any atom is 0.344 e. The third-order valence-electron chi connectivity index (χ3n) is 2.71. The molecular formula is C16H12ClNO3. The summed E-state index contributed by atoms with van der Waals surface area (Å²) in [6.07, 6.45) is 0. The Kier molecular flexibility index (Phi) is 5.19. The van der Waals surface area contributed by atoms with Crippen molar-refractivity contribution in [1.82, 2.24) is 0 Å². The number of carbonyl (C=O) groups is 1. The van der Waals surface area contributed by atoms with E-state index in [1.807, 2.05) is 6.07 Å². The van der Waals surface area contributed by atoms with Gasteiger partial charge in [-0.05, 0) is 18.2 Å². The summed E-state index contributed by atoms with van der Waals surface area (Å²) < 4.78 is 10.3. The zero-order valence-electron chi connectivity index (χ0n) is 11.1. The van der Waals surface area contributed by atoms with E-state index in [1.165, 1.54) is 0 Å². The summed E-state index contributed by atoms with van der Waals surface area (Å²) in [7, 11) is 0. The van der Waals surface area contributed by atoms with Crippen molar-refractivity contribution in [3.8, 4) is 11.8 Å². The topological polar surface area (TPSA) is 59.3 Å². The molecule has 0 saturated carbocycles. The molecule has 0 heterocycles. The van der Waals surface area contributed by atoms with Gasteiger partial charge in [0.2, 0.25) is 0 Å². The lowest BCUT2D eigenvalue weighted by atomic mass is 10.1. The molecule has 0 unspecified atom stereocenters. The third-order valence-corrected chi connectivity index (χ3v) is 3.02. The lowest BCUT2D eigenvalue weighted by molar-refractivity contribution is -0.147. The van der Waals surface area contributed by atoms with Gasteiger partial charge in [-0.1, -0.05) is 41.9 Å². The first-order valence-corrected chi connectivity index (χ1v) is 6.59. The van der Waals surface area contributed by atoms with Gasteiger partial charge in [0.05, 0.1) is 16.7 Å². The quantitative estimate of drug-likeness (QED) is 0.795. The predicted octanol–water partition coefficient (Wildman–Crippen LogP) is 3.33. The van der Waals surface area contributed by atoms with Crippen LogP contribution in [0.3, 0.4) is 0 Å². The Bertz CT molecular complexity index is 679. The van der Waals surface area contributed by atoms with E-state index in [4.69, 9.17) is 26.3 Å². The van der Waals surface area contributed by atoms with Crippen LogP contribution in [-0.2, 0) is 16.1 Å². The number of nitrogens with zero attached hydrogens (tertiary/aromatic N) is 1. The molecule has 2 aromatic rings. The van der Waals surface area contributed by atoms with Gasteiger partial charge in [0.15, 0.2) is 6.61 Å². The van der Waals surface area contributed by atoms with Crippen molar-refractivity contribution in [3.63, 3.8) is 0 Å². The summed E-state index contributed by atoms with van der Waals surface area (Å²) in [6, 6.07) is 15.9. The molecule has 0 fully saturated rings. The number of hydrogen-bond donors (Lipinski definition) is 0. The maximum absolute atomic E-state index is 11.6. The van der Waals surface area contributed by atoms with Crippen LogP contribution in [0.4, 0.5) is 0 Å². The molecule has 0 saturated heterocycles. The lowest BCUT2D eigenvalue weighted by Crippen LogP contribution is -2.15. The highest BCUT2D eigenvalue weighted by Gasteiger charge is 2.08. The second-order valence-corrected chi connectivity index (χ2v) is 4.56. The minimum absolute atomic E-state index is 0.0362. The highest BCUT2D eigenvalue weighted by atomic mass is 35.5. The fraction of sp³-hybridized carbons (Fsp3) is 0.125. The second-order valence-electron chi connectivity index (χ2n) is 4.15. The zero-order chi connectivity index (χ0) is 15.1. The van der Waals surface area contributed by atoms with Gasteiger partial charge in [0.1, 0.15) is 12.4 Å². The molecule has 0 amide bonds. The zero-order valence-corrected chi connectivity index (χ0v) is 11.8. The number of esters is 1. The minimum Gasteiger partial charge on any atom is -0.480 e. The molecule has 21 heavy (non-hydrogen) atoms. The Labute approximate surface area is 127 Å². The van der Waals surface area contributed by atoms with E-state index >= 15 is 0 Å². The molecule has 0 aliphatic carbocycles. The van der Waals surface area contributed by atoms with Crippen LogP contribution in [-0.4, -0.2) is 12.6 Å². The van der Waals surface area contributed by atoms with Crippen LogP contribution in [0.2, 0.25) is 5.02 Å². The first-order chi connectivity index (χ1) is 10.2. The molecule has 106 valence electrons. The fourth-order valence-corrected chi connectivity index (χ4v) is 1.84.